The Balaban J connectivity index is 2.91. The standard InChI is InChI=1S/C15H21N3O5/c1-4-8-17(9-5-2)15(20)14(19)16-12-7-6-11(18(21)22)10-13(12)23-3/h6-7,10H,4-5,8-9H2,1-3H3,(H,16,19). The Morgan fingerprint density at radius 2 is 1.87 bits per heavy atom. The number of nitrogens with one attached hydrogen (secondary N) is 1. The molecule has 0 unspecified atom stereocenters. The molecule has 0 atom stereocenters. The van der Waals surface area contributed by atoms with Gasteiger partial charge in [-0.3, -0.25) is 19.7 Å². The second-order valence-corrected chi connectivity index (χ2v) is 4.89. The average molecular weight is 323 g/mol. The van der Waals surface area contributed by atoms with Gasteiger partial charge >= 0.3 is 11.8 Å². The summed E-state index contributed by atoms with van der Waals surface area (Å²) in [4.78, 5) is 35.9. The first-order valence-corrected chi connectivity index (χ1v) is 7.37. The summed E-state index contributed by atoms with van der Waals surface area (Å²) in [6, 6.07) is 3.76. The number of non-ortho nitro benzene ring substituents is 1. The molecule has 0 saturated heterocycles. The monoisotopic (exact) mass is 323 g/mol. The summed E-state index contributed by atoms with van der Waals surface area (Å²) in [5.41, 5.74) is 0.0502. The molecule has 126 valence electrons. The van der Waals surface area contributed by atoms with Gasteiger partial charge in [0, 0.05) is 19.2 Å². The molecule has 23 heavy (non-hydrogen) atoms. The minimum absolute atomic E-state index is 0.123. The number of amides is 2. The lowest BCUT2D eigenvalue weighted by Crippen LogP contribution is -2.40. The largest absolute Gasteiger partial charge is 0.494 e. The Morgan fingerprint density at radius 3 is 2.35 bits per heavy atom. The van der Waals surface area contributed by atoms with Crippen molar-refractivity contribution in [2.75, 3.05) is 25.5 Å². The molecule has 1 aromatic carbocycles. The molecule has 0 aliphatic heterocycles. The van der Waals surface area contributed by atoms with Crippen molar-refractivity contribution >= 4 is 23.2 Å². The van der Waals surface area contributed by atoms with Gasteiger partial charge in [0.15, 0.2) is 0 Å². The van der Waals surface area contributed by atoms with Crippen LogP contribution in [0.3, 0.4) is 0 Å². The molecule has 0 aliphatic carbocycles. The fourth-order valence-electron chi connectivity index (χ4n) is 2.07. The van der Waals surface area contributed by atoms with Crippen LogP contribution in [0.1, 0.15) is 26.7 Å². The van der Waals surface area contributed by atoms with Crippen LogP contribution in [-0.2, 0) is 9.59 Å². The normalized spacial score (nSPS) is 10.0. The number of benzene rings is 1. The van der Waals surface area contributed by atoms with Crippen LogP contribution in [0, 0.1) is 10.1 Å². The molecular formula is C15H21N3O5. The molecule has 0 bridgehead atoms. The van der Waals surface area contributed by atoms with Gasteiger partial charge in [0.2, 0.25) is 0 Å². The maximum Gasteiger partial charge on any atom is 0.314 e. The van der Waals surface area contributed by atoms with Crippen molar-refractivity contribution < 1.29 is 19.2 Å². The Hall–Kier alpha value is -2.64. The molecule has 0 spiro atoms. The number of anilines is 1. The molecule has 1 N–H and O–H groups in total. The molecular weight excluding hydrogens is 302 g/mol. The zero-order valence-corrected chi connectivity index (χ0v) is 13.5. The highest BCUT2D eigenvalue weighted by atomic mass is 16.6. The molecule has 0 aliphatic rings. The Labute approximate surface area is 134 Å². The van der Waals surface area contributed by atoms with Crippen LogP contribution in [0.25, 0.3) is 0 Å². The van der Waals surface area contributed by atoms with E-state index in [2.05, 4.69) is 5.32 Å². The second-order valence-electron chi connectivity index (χ2n) is 4.89. The number of carbonyl (C=O) groups is 2. The number of methoxy groups -OCH3 is 1. The molecule has 8 nitrogen and oxygen atoms in total. The zero-order valence-electron chi connectivity index (χ0n) is 13.5. The van der Waals surface area contributed by atoms with Gasteiger partial charge in [0.1, 0.15) is 5.75 Å². The number of nitrogens with zero attached hydrogens (tertiary/aromatic N) is 2. The lowest BCUT2D eigenvalue weighted by atomic mass is 10.2. The lowest BCUT2D eigenvalue weighted by molar-refractivity contribution is -0.384. The van der Waals surface area contributed by atoms with Gasteiger partial charge in [0.05, 0.1) is 23.8 Å². The van der Waals surface area contributed by atoms with Crippen LogP contribution >= 0.6 is 0 Å². The third kappa shape index (κ3) is 4.94. The van der Waals surface area contributed by atoms with E-state index in [0.717, 1.165) is 12.8 Å². The number of hydrogen-bond donors (Lipinski definition) is 1. The summed E-state index contributed by atoms with van der Waals surface area (Å²) >= 11 is 0. The van der Waals surface area contributed by atoms with Crippen LogP contribution in [0.15, 0.2) is 18.2 Å². The molecule has 2 amide bonds. The molecule has 1 rings (SSSR count). The van der Waals surface area contributed by atoms with Gasteiger partial charge in [-0.2, -0.15) is 0 Å². The Bertz CT molecular complexity index is 582. The van der Waals surface area contributed by atoms with E-state index in [1.165, 1.54) is 30.2 Å². The van der Waals surface area contributed by atoms with Crippen molar-refractivity contribution in [2.24, 2.45) is 0 Å². The molecule has 0 aromatic heterocycles. The van der Waals surface area contributed by atoms with E-state index < -0.39 is 16.7 Å². The van der Waals surface area contributed by atoms with Gasteiger partial charge in [-0.05, 0) is 18.9 Å². The summed E-state index contributed by atoms with van der Waals surface area (Å²) in [5.74, 6) is -1.30. The van der Waals surface area contributed by atoms with Crippen LogP contribution in [-0.4, -0.2) is 41.8 Å². The van der Waals surface area contributed by atoms with E-state index in [0.29, 0.717) is 13.1 Å². The smallest absolute Gasteiger partial charge is 0.314 e. The molecule has 0 saturated carbocycles. The molecule has 0 fully saturated rings. The molecule has 1 aromatic rings. The minimum atomic E-state index is -0.793. The number of carbonyl (C=O) groups excluding carboxylic acids is 2. The van der Waals surface area contributed by atoms with Crippen molar-refractivity contribution in [3.05, 3.63) is 28.3 Å². The fraction of sp³-hybridized carbons (Fsp3) is 0.467. The predicted octanol–water partition coefficient (Wildman–Crippen LogP) is 2.19. The van der Waals surface area contributed by atoms with E-state index >= 15 is 0 Å². The highest BCUT2D eigenvalue weighted by Crippen LogP contribution is 2.28. The van der Waals surface area contributed by atoms with E-state index in [4.69, 9.17) is 4.74 Å². The number of nitro benzene ring substituents is 1. The van der Waals surface area contributed by atoms with Crippen molar-refractivity contribution in [2.45, 2.75) is 26.7 Å². The third-order valence-electron chi connectivity index (χ3n) is 3.11. The SMILES string of the molecule is CCCN(CCC)C(=O)C(=O)Nc1ccc([N+](=O)[O-])cc1OC. The molecule has 0 radical (unpaired) electrons. The van der Waals surface area contributed by atoms with Crippen molar-refractivity contribution in [3.63, 3.8) is 0 Å². The number of nitro groups is 1. The van der Waals surface area contributed by atoms with Crippen molar-refractivity contribution in [1.29, 1.82) is 0 Å². The van der Waals surface area contributed by atoms with Crippen LogP contribution < -0.4 is 10.1 Å². The summed E-state index contributed by atoms with van der Waals surface area (Å²) in [5, 5.41) is 13.2. The number of hydrogen-bond acceptors (Lipinski definition) is 5. The van der Waals surface area contributed by atoms with E-state index in [9.17, 15) is 19.7 Å². The van der Waals surface area contributed by atoms with E-state index in [1.54, 1.807) is 0 Å². The molecule has 0 heterocycles. The topological polar surface area (TPSA) is 102 Å². The van der Waals surface area contributed by atoms with Gasteiger partial charge in [-0.15, -0.1) is 0 Å². The Kier molecular flexibility index (Phi) is 6.98. The van der Waals surface area contributed by atoms with E-state index in [-0.39, 0.29) is 17.1 Å². The lowest BCUT2D eigenvalue weighted by Gasteiger charge is -2.20. The van der Waals surface area contributed by atoms with Gasteiger partial charge in [-0.25, -0.2) is 0 Å². The first kappa shape index (κ1) is 18.4. The average Bonchev–Trinajstić information content (AvgIpc) is 2.54. The summed E-state index contributed by atoms with van der Waals surface area (Å²) in [6.07, 6.45) is 1.50. The summed E-state index contributed by atoms with van der Waals surface area (Å²) in [7, 11) is 1.33. The fourth-order valence-corrected chi connectivity index (χ4v) is 2.07. The predicted molar refractivity (Wildman–Crippen MR) is 85.4 cm³/mol. The summed E-state index contributed by atoms with van der Waals surface area (Å²) in [6.45, 7) is 4.84. The quantitative estimate of drug-likeness (QED) is 0.471. The van der Waals surface area contributed by atoms with Crippen LogP contribution in [0.4, 0.5) is 11.4 Å². The summed E-state index contributed by atoms with van der Waals surface area (Å²) < 4.78 is 5.03. The maximum absolute atomic E-state index is 12.2. The Morgan fingerprint density at radius 1 is 1.26 bits per heavy atom. The number of ether oxygens (including phenoxy) is 1. The van der Waals surface area contributed by atoms with Crippen molar-refractivity contribution in [3.8, 4) is 5.75 Å². The van der Waals surface area contributed by atoms with Gasteiger partial charge in [0.25, 0.3) is 5.69 Å². The second kappa shape index (κ2) is 8.72. The third-order valence-corrected chi connectivity index (χ3v) is 3.11. The highest BCUT2D eigenvalue weighted by Gasteiger charge is 2.22. The van der Waals surface area contributed by atoms with Crippen molar-refractivity contribution in [1.82, 2.24) is 4.90 Å². The zero-order chi connectivity index (χ0) is 17.4. The number of rotatable bonds is 7. The first-order chi connectivity index (χ1) is 10.9. The molecule has 8 heteroatoms. The van der Waals surface area contributed by atoms with Crippen LogP contribution in [0.2, 0.25) is 0 Å². The maximum atomic E-state index is 12.2. The van der Waals surface area contributed by atoms with Gasteiger partial charge < -0.3 is 15.0 Å². The first-order valence-electron chi connectivity index (χ1n) is 7.37. The van der Waals surface area contributed by atoms with E-state index in [1.807, 2.05) is 13.8 Å². The highest BCUT2D eigenvalue weighted by molar-refractivity contribution is 6.39. The van der Waals surface area contributed by atoms with Gasteiger partial charge in [-0.1, -0.05) is 13.8 Å². The minimum Gasteiger partial charge on any atom is -0.494 e. The van der Waals surface area contributed by atoms with Crippen LogP contribution in [0.5, 0.6) is 5.75 Å².